The maximum Gasteiger partial charge on any atom is 0.306 e. The summed E-state index contributed by atoms with van der Waals surface area (Å²) in [5.74, 6) is 1.25. The van der Waals surface area contributed by atoms with Crippen molar-refractivity contribution in [2.24, 2.45) is 0 Å². The van der Waals surface area contributed by atoms with Crippen LogP contribution in [0.3, 0.4) is 0 Å². The van der Waals surface area contributed by atoms with Crippen molar-refractivity contribution in [3.8, 4) is 0 Å². The van der Waals surface area contributed by atoms with Crippen LogP contribution in [0.2, 0.25) is 0 Å². The second-order valence-corrected chi connectivity index (χ2v) is 7.24. The molecule has 1 aromatic heterocycles. The summed E-state index contributed by atoms with van der Waals surface area (Å²) in [6.07, 6.45) is 15.8. The van der Waals surface area contributed by atoms with Crippen LogP contribution >= 0.6 is 0 Å². The van der Waals surface area contributed by atoms with Gasteiger partial charge < -0.3 is 14.3 Å². The number of carbonyl (C=O) groups is 2. The largest absolute Gasteiger partial charge is 0.512 e. The first-order valence-electron chi connectivity index (χ1n) is 10.6. The van der Waals surface area contributed by atoms with Gasteiger partial charge in [-0.25, -0.2) is 0 Å². The zero-order valence-corrected chi connectivity index (χ0v) is 17.3. The van der Waals surface area contributed by atoms with Gasteiger partial charge in [-0.05, 0) is 31.9 Å². The number of Topliss-reactive ketones (excluding diaryl/α,β-unsaturated/α-hetero) is 1. The molecule has 0 saturated heterocycles. The molecule has 1 aromatic rings. The normalized spacial score (nSPS) is 12.5. The minimum absolute atomic E-state index is 0.0154. The molecule has 29 heavy (non-hydrogen) atoms. The van der Waals surface area contributed by atoms with Crippen LogP contribution in [0.25, 0.3) is 0 Å². The summed E-state index contributed by atoms with van der Waals surface area (Å²) >= 11 is 0. The molecule has 0 amide bonds. The zero-order chi connectivity index (χ0) is 20.9. The van der Waals surface area contributed by atoms with Crippen molar-refractivity contribution in [1.29, 1.82) is 0 Å². The molecule has 0 unspecified atom stereocenters. The Morgan fingerprint density at radius 2 is 1.59 bits per heavy atom. The fraction of sp³-hybridized carbons (Fsp3) is 0.500. The Balaban J connectivity index is 1.52. The van der Waals surface area contributed by atoms with Crippen molar-refractivity contribution in [2.75, 3.05) is 6.61 Å². The first-order chi connectivity index (χ1) is 14.1. The van der Waals surface area contributed by atoms with E-state index < -0.39 is 0 Å². The van der Waals surface area contributed by atoms with Crippen LogP contribution in [0.15, 0.2) is 52.2 Å². The number of hydrogen-bond donors (Lipinski definition) is 1. The summed E-state index contributed by atoms with van der Waals surface area (Å²) < 4.78 is 10.4. The second kappa shape index (κ2) is 12.8. The highest BCUT2D eigenvalue weighted by Gasteiger charge is 2.12. The summed E-state index contributed by atoms with van der Waals surface area (Å²) in [6.45, 7) is 2.15. The van der Waals surface area contributed by atoms with Gasteiger partial charge in [0.05, 0.1) is 18.8 Å². The van der Waals surface area contributed by atoms with Gasteiger partial charge in [-0.2, -0.15) is 0 Å². The summed E-state index contributed by atoms with van der Waals surface area (Å²) in [5, 5.41) is 9.95. The van der Waals surface area contributed by atoms with Crippen molar-refractivity contribution in [2.45, 2.75) is 71.1 Å². The number of ketones is 1. The quantitative estimate of drug-likeness (QED) is 0.179. The van der Waals surface area contributed by atoms with Crippen LogP contribution in [0, 0.1) is 0 Å². The Bertz CT molecular complexity index is 737. The van der Waals surface area contributed by atoms with Crippen molar-refractivity contribution >= 4 is 11.8 Å². The Labute approximate surface area is 173 Å². The number of carbonyl (C=O) groups excluding carboxylic acids is 2. The zero-order valence-electron chi connectivity index (χ0n) is 17.3. The highest BCUT2D eigenvalue weighted by molar-refractivity contribution is 5.93. The van der Waals surface area contributed by atoms with Gasteiger partial charge in [0.25, 0.3) is 0 Å². The number of furan rings is 1. The smallest absolute Gasteiger partial charge is 0.306 e. The molecule has 1 aliphatic rings. The molecule has 0 fully saturated rings. The lowest BCUT2D eigenvalue weighted by molar-refractivity contribution is -0.143. The van der Waals surface area contributed by atoms with Crippen molar-refractivity contribution < 1.29 is 23.8 Å². The Morgan fingerprint density at radius 3 is 2.28 bits per heavy atom. The van der Waals surface area contributed by atoms with E-state index in [1.165, 1.54) is 0 Å². The highest BCUT2D eigenvalue weighted by atomic mass is 16.5. The maximum atomic E-state index is 12.2. The lowest BCUT2D eigenvalue weighted by atomic mass is 10.0. The summed E-state index contributed by atoms with van der Waals surface area (Å²) in [7, 11) is 0. The predicted octanol–water partition coefficient (Wildman–Crippen LogP) is 6.02. The number of aliphatic hydroxyl groups is 1. The molecular weight excluding hydrogens is 368 g/mol. The van der Waals surface area contributed by atoms with E-state index in [0.717, 1.165) is 50.5 Å². The summed E-state index contributed by atoms with van der Waals surface area (Å²) in [4.78, 5) is 23.6. The molecule has 1 aliphatic carbocycles. The monoisotopic (exact) mass is 400 g/mol. The fourth-order valence-corrected chi connectivity index (χ4v) is 3.24. The number of aliphatic hydroxyl groups excluding tert-OH is 1. The van der Waals surface area contributed by atoms with E-state index >= 15 is 0 Å². The Morgan fingerprint density at radius 1 is 0.931 bits per heavy atom. The number of hydrogen-bond acceptors (Lipinski definition) is 5. The molecule has 0 saturated carbocycles. The number of allylic oxidation sites excluding steroid dienone is 6. The van der Waals surface area contributed by atoms with Crippen LogP contribution in [-0.2, 0) is 16.0 Å². The standard InChI is InChI=1S/C24H32O5/c1-2-28-24(27)18-16-20-15-17-23(29-20)22(26)14-8-6-4-3-5-7-13-21(25)19-11-9-10-12-19/h9-12,15,17,25H,2-8,13-14,16,18H2,1H3. The summed E-state index contributed by atoms with van der Waals surface area (Å²) in [6, 6.07) is 3.45. The maximum absolute atomic E-state index is 12.2. The average Bonchev–Trinajstić information content (AvgIpc) is 3.40. The number of rotatable bonds is 14. The average molecular weight is 401 g/mol. The Kier molecular flexibility index (Phi) is 10.0. The van der Waals surface area contributed by atoms with E-state index in [1.807, 2.05) is 24.3 Å². The molecule has 158 valence electrons. The molecule has 0 aliphatic heterocycles. The van der Waals surface area contributed by atoms with Gasteiger partial charge in [-0.3, -0.25) is 9.59 Å². The molecule has 2 rings (SSSR count). The van der Waals surface area contributed by atoms with Crippen molar-refractivity contribution in [3.63, 3.8) is 0 Å². The molecule has 5 heteroatoms. The van der Waals surface area contributed by atoms with Gasteiger partial charge in [-0.1, -0.05) is 50.0 Å². The topological polar surface area (TPSA) is 76.7 Å². The molecule has 5 nitrogen and oxygen atoms in total. The summed E-state index contributed by atoms with van der Waals surface area (Å²) in [5.41, 5.74) is 0.922. The minimum Gasteiger partial charge on any atom is -0.512 e. The number of ether oxygens (including phenoxy) is 1. The molecular formula is C24H32O5. The third-order valence-corrected chi connectivity index (χ3v) is 4.88. The van der Waals surface area contributed by atoms with Gasteiger partial charge in [0.2, 0.25) is 0 Å². The molecule has 0 atom stereocenters. The van der Waals surface area contributed by atoms with Gasteiger partial charge in [0.15, 0.2) is 11.5 Å². The molecule has 0 aromatic carbocycles. The molecule has 0 bridgehead atoms. The lowest BCUT2D eigenvalue weighted by Crippen LogP contribution is -2.04. The molecule has 0 radical (unpaired) electrons. The van der Waals surface area contributed by atoms with Gasteiger partial charge in [-0.15, -0.1) is 0 Å². The third kappa shape index (κ3) is 8.55. The van der Waals surface area contributed by atoms with Gasteiger partial charge >= 0.3 is 5.97 Å². The fourth-order valence-electron chi connectivity index (χ4n) is 3.24. The van der Waals surface area contributed by atoms with Gasteiger partial charge in [0.1, 0.15) is 5.76 Å². The number of unbranched alkanes of at least 4 members (excludes halogenated alkanes) is 5. The van der Waals surface area contributed by atoms with Crippen molar-refractivity contribution in [3.05, 3.63) is 59.3 Å². The van der Waals surface area contributed by atoms with E-state index in [0.29, 0.717) is 36.7 Å². The molecule has 0 spiro atoms. The molecule has 1 heterocycles. The number of esters is 1. The number of aryl methyl sites for hydroxylation is 1. The van der Waals surface area contributed by atoms with E-state index in [-0.39, 0.29) is 18.2 Å². The van der Waals surface area contributed by atoms with Crippen molar-refractivity contribution in [1.82, 2.24) is 0 Å². The lowest BCUT2D eigenvalue weighted by Gasteiger charge is -2.03. The van der Waals surface area contributed by atoms with Gasteiger partial charge in [0, 0.05) is 24.8 Å². The van der Waals surface area contributed by atoms with Crippen LogP contribution in [0.1, 0.15) is 81.0 Å². The van der Waals surface area contributed by atoms with Crippen LogP contribution in [-0.4, -0.2) is 23.5 Å². The predicted molar refractivity (Wildman–Crippen MR) is 113 cm³/mol. The third-order valence-electron chi connectivity index (χ3n) is 4.88. The van der Waals surface area contributed by atoms with Crippen LogP contribution < -0.4 is 0 Å². The second-order valence-electron chi connectivity index (χ2n) is 7.24. The molecule has 1 N–H and O–H groups in total. The van der Waals surface area contributed by atoms with Crippen LogP contribution in [0.5, 0.6) is 0 Å². The SMILES string of the molecule is CCOC(=O)CCc1ccc(C(=O)CCCCCCCCC(O)=C2C=CC=C2)o1. The highest BCUT2D eigenvalue weighted by Crippen LogP contribution is 2.18. The van der Waals surface area contributed by atoms with E-state index in [1.54, 1.807) is 19.1 Å². The van der Waals surface area contributed by atoms with Crippen LogP contribution in [0.4, 0.5) is 0 Å². The minimum atomic E-state index is -0.254. The first-order valence-corrected chi connectivity index (χ1v) is 10.6. The van der Waals surface area contributed by atoms with E-state index in [4.69, 9.17) is 9.15 Å². The van der Waals surface area contributed by atoms with E-state index in [2.05, 4.69) is 0 Å². The first kappa shape index (κ1) is 22.7. The Hall–Kier alpha value is -2.56. The van der Waals surface area contributed by atoms with E-state index in [9.17, 15) is 14.7 Å².